The molecule has 1 N–H and O–H groups in total. The minimum atomic E-state index is -0.851. The minimum absolute atomic E-state index is 0.620. The van der Waals surface area contributed by atoms with E-state index in [1.165, 1.54) is 6.54 Å². The highest BCUT2D eigenvalue weighted by atomic mass is 32.2. The van der Waals surface area contributed by atoms with Crippen molar-refractivity contribution in [1.82, 2.24) is 15.1 Å². The number of piperazine rings is 1. The van der Waals surface area contributed by atoms with Crippen molar-refractivity contribution in [2.75, 3.05) is 52.1 Å². The average Bonchev–Trinajstić information content (AvgIpc) is 2.60. The third-order valence-corrected chi connectivity index (χ3v) is 5.61. The van der Waals surface area contributed by atoms with Gasteiger partial charge < -0.3 is 10.2 Å². The second kappa shape index (κ2) is 10.6. The summed E-state index contributed by atoms with van der Waals surface area (Å²) in [5.41, 5.74) is 1.13. The quantitative estimate of drug-likeness (QED) is 0.592. The van der Waals surface area contributed by atoms with Gasteiger partial charge in [-0.3, -0.25) is 14.1 Å². The van der Waals surface area contributed by atoms with Crippen LogP contribution in [0.1, 0.15) is 19.4 Å². The maximum absolute atomic E-state index is 12.2. The van der Waals surface area contributed by atoms with Crippen LogP contribution in [0.25, 0.3) is 0 Å². The van der Waals surface area contributed by atoms with E-state index in [2.05, 4.69) is 34.0 Å². The molecule has 5 nitrogen and oxygen atoms in total. The zero-order chi connectivity index (χ0) is 18.1. The van der Waals surface area contributed by atoms with Crippen LogP contribution in [0, 0.1) is 5.92 Å². The molecular formula is C19H32N4OS. The van der Waals surface area contributed by atoms with E-state index in [-0.39, 0.29) is 0 Å². The first kappa shape index (κ1) is 19.9. The van der Waals surface area contributed by atoms with Gasteiger partial charge in [-0.2, -0.15) is 0 Å². The van der Waals surface area contributed by atoms with E-state index in [1.807, 2.05) is 37.4 Å². The first-order valence-corrected chi connectivity index (χ1v) is 10.6. The molecule has 6 heteroatoms. The van der Waals surface area contributed by atoms with Gasteiger partial charge in [0.2, 0.25) is 0 Å². The topological polar surface area (TPSA) is 47.9 Å². The van der Waals surface area contributed by atoms with Gasteiger partial charge in [-0.1, -0.05) is 44.2 Å². The molecule has 1 unspecified atom stereocenters. The summed E-state index contributed by atoms with van der Waals surface area (Å²) in [7, 11) is 0.972. The van der Waals surface area contributed by atoms with Gasteiger partial charge in [0.15, 0.2) is 5.96 Å². The second-order valence-electron chi connectivity index (χ2n) is 6.93. The van der Waals surface area contributed by atoms with Crippen molar-refractivity contribution in [2.45, 2.75) is 19.6 Å². The van der Waals surface area contributed by atoms with Gasteiger partial charge in [0.25, 0.3) is 0 Å². The van der Waals surface area contributed by atoms with Crippen LogP contribution in [-0.2, 0) is 16.6 Å². The molecule has 1 atom stereocenters. The summed E-state index contributed by atoms with van der Waals surface area (Å²) in [4.78, 5) is 9.21. The Morgan fingerprint density at radius 1 is 1.20 bits per heavy atom. The molecule has 0 aliphatic carbocycles. The Hall–Kier alpha value is -1.40. The van der Waals surface area contributed by atoms with Crippen molar-refractivity contribution in [1.29, 1.82) is 0 Å². The number of nitrogens with zero attached hydrogens (tertiary/aromatic N) is 3. The maximum atomic E-state index is 12.2. The molecule has 0 amide bonds. The molecule has 0 radical (unpaired) electrons. The largest absolute Gasteiger partial charge is 0.355 e. The van der Waals surface area contributed by atoms with Crippen LogP contribution in [0.2, 0.25) is 0 Å². The third-order valence-electron chi connectivity index (χ3n) is 4.29. The number of hydrogen-bond acceptors (Lipinski definition) is 3. The van der Waals surface area contributed by atoms with Crippen LogP contribution >= 0.6 is 0 Å². The van der Waals surface area contributed by atoms with E-state index in [0.717, 1.165) is 37.7 Å². The molecule has 0 spiro atoms. The fourth-order valence-corrected chi connectivity index (χ4v) is 4.14. The van der Waals surface area contributed by atoms with Crippen molar-refractivity contribution in [3.63, 3.8) is 0 Å². The van der Waals surface area contributed by atoms with Crippen molar-refractivity contribution in [2.24, 2.45) is 10.9 Å². The molecule has 1 saturated heterocycles. The van der Waals surface area contributed by atoms with Crippen molar-refractivity contribution < 1.29 is 4.21 Å². The van der Waals surface area contributed by atoms with Crippen LogP contribution in [-0.4, -0.2) is 72.0 Å². The van der Waals surface area contributed by atoms with Gasteiger partial charge in [0.05, 0.1) is 0 Å². The zero-order valence-electron chi connectivity index (χ0n) is 15.8. The lowest BCUT2D eigenvalue weighted by atomic mass is 10.2. The Kier molecular flexibility index (Phi) is 8.41. The lowest BCUT2D eigenvalue weighted by molar-refractivity contribution is 0.164. The Labute approximate surface area is 155 Å². The molecule has 1 fully saturated rings. The predicted molar refractivity (Wildman–Crippen MR) is 107 cm³/mol. The van der Waals surface area contributed by atoms with Crippen LogP contribution in [0.5, 0.6) is 0 Å². The molecule has 2 rings (SSSR count). The van der Waals surface area contributed by atoms with Crippen LogP contribution < -0.4 is 5.32 Å². The van der Waals surface area contributed by atoms with Crippen LogP contribution in [0.3, 0.4) is 0 Å². The number of guanidine groups is 1. The summed E-state index contributed by atoms with van der Waals surface area (Å²) in [6.07, 6.45) is 0. The highest BCUT2D eigenvalue weighted by Crippen LogP contribution is 2.06. The van der Waals surface area contributed by atoms with E-state index in [1.54, 1.807) is 0 Å². The monoisotopic (exact) mass is 364 g/mol. The van der Waals surface area contributed by atoms with E-state index < -0.39 is 10.8 Å². The Morgan fingerprint density at radius 3 is 2.48 bits per heavy atom. The maximum Gasteiger partial charge on any atom is 0.193 e. The lowest BCUT2D eigenvalue weighted by Crippen LogP contribution is -2.53. The average molecular weight is 365 g/mol. The SMILES string of the molecule is CN=C(NCCS(=O)Cc1ccccc1)N1CCN(CC(C)C)CC1. The summed E-state index contributed by atoms with van der Waals surface area (Å²) in [6, 6.07) is 10.0. The predicted octanol–water partition coefficient (Wildman–Crippen LogP) is 1.78. The summed E-state index contributed by atoms with van der Waals surface area (Å²) in [5.74, 6) is 2.90. The number of benzene rings is 1. The Morgan fingerprint density at radius 2 is 1.88 bits per heavy atom. The molecule has 1 aliphatic heterocycles. The van der Waals surface area contributed by atoms with Gasteiger partial charge in [0, 0.05) is 68.6 Å². The summed E-state index contributed by atoms with van der Waals surface area (Å²) < 4.78 is 12.2. The number of nitrogens with one attached hydrogen (secondary N) is 1. The Balaban J connectivity index is 1.69. The first-order valence-electron chi connectivity index (χ1n) is 9.15. The normalized spacial score (nSPS) is 17.8. The molecule has 0 bridgehead atoms. The van der Waals surface area contributed by atoms with Crippen molar-refractivity contribution >= 4 is 16.8 Å². The van der Waals surface area contributed by atoms with E-state index >= 15 is 0 Å². The molecule has 1 aliphatic rings. The third kappa shape index (κ3) is 7.16. The van der Waals surface area contributed by atoms with Gasteiger partial charge in [-0.15, -0.1) is 0 Å². The van der Waals surface area contributed by atoms with Gasteiger partial charge in [0.1, 0.15) is 0 Å². The molecule has 25 heavy (non-hydrogen) atoms. The van der Waals surface area contributed by atoms with Crippen molar-refractivity contribution in [3.8, 4) is 0 Å². The van der Waals surface area contributed by atoms with Crippen LogP contribution in [0.15, 0.2) is 35.3 Å². The van der Waals surface area contributed by atoms with E-state index in [4.69, 9.17) is 0 Å². The van der Waals surface area contributed by atoms with Gasteiger partial charge in [-0.05, 0) is 11.5 Å². The first-order chi connectivity index (χ1) is 12.1. The number of rotatable bonds is 7. The fraction of sp³-hybridized carbons (Fsp3) is 0.632. The highest BCUT2D eigenvalue weighted by molar-refractivity contribution is 7.84. The smallest absolute Gasteiger partial charge is 0.193 e. The zero-order valence-corrected chi connectivity index (χ0v) is 16.6. The number of hydrogen-bond donors (Lipinski definition) is 1. The molecule has 140 valence electrons. The highest BCUT2D eigenvalue weighted by Gasteiger charge is 2.19. The minimum Gasteiger partial charge on any atom is -0.355 e. The van der Waals surface area contributed by atoms with E-state index in [9.17, 15) is 4.21 Å². The molecule has 1 aromatic rings. The lowest BCUT2D eigenvalue weighted by Gasteiger charge is -2.37. The summed E-state index contributed by atoms with van der Waals surface area (Å²) >= 11 is 0. The van der Waals surface area contributed by atoms with Gasteiger partial charge in [-0.25, -0.2) is 0 Å². The fourth-order valence-electron chi connectivity index (χ4n) is 3.10. The standard InChI is InChI=1S/C19H32N4OS/c1-17(2)15-22-10-12-23(13-11-22)19(20-3)21-9-14-25(24)16-18-7-5-4-6-8-18/h4-8,17H,9-16H2,1-3H3,(H,20,21). The van der Waals surface area contributed by atoms with Gasteiger partial charge >= 0.3 is 0 Å². The summed E-state index contributed by atoms with van der Waals surface area (Å²) in [6.45, 7) is 10.6. The number of aliphatic imine (C=N–C) groups is 1. The molecular weight excluding hydrogens is 332 g/mol. The molecule has 0 aromatic heterocycles. The molecule has 0 saturated carbocycles. The molecule has 1 heterocycles. The van der Waals surface area contributed by atoms with Crippen LogP contribution in [0.4, 0.5) is 0 Å². The van der Waals surface area contributed by atoms with E-state index in [0.29, 0.717) is 24.0 Å². The summed E-state index contributed by atoms with van der Waals surface area (Å²) in [5, 5.41) is 3.38. The molecule has 1 aromatic carbocycles. The second-order valence-corrected chi connectivity index (χ2v) is 8.51. The Bertz CT molecular complexity index is 554. The van der Waals surface area contributed by atoms with Crippen molar-refractivity contribution in [3.05, 3.63) is 35.9 Å².